The quantitative estimate of drug-likeness (QED) is 0.789. The Labute approximate surface area is 159 Å². The molecule has 1 aromatic carbocycles. The minimum atomic E-state index is -0.0278. The van der Waals surface area contributed by atoms with E-state index in [4.69, 9.17) is 9.47 Å². The molecule has 8 heteroatoms. The summed E-state index contributed by atoms with van der Waals surface area (Å²) in [5.41, 5.74) is 1.57. The summed E-state index contributed by atoms with van der Waals surface area (Å²) in [4.78, 5) is 18.9. The van der Waals surface area contributed by atoms with E-state index < -0.39 is 0 Å². The smallest absolute Gasteiger partial charge is 0.254 e. The third-order valence-corrected chi connectivity index (χ3v) is 4.63. The molecule has 1 aliphatic heterocycles. The van der Waals surface area contributed by atoms with Gasteiger partial charge in [-0.3, -0.25) is 4.79 Å². The molecule has 0 aliphatic carbocycles. The molecule has 0 bridgehead atoms. The molecule has 2 heterocycles. The predicted octanol–water partition coefficient (Wildman–Crippen LogP) is 1.52. The number of methoxy groups -OCH3 is 2. The molecule has 2 aromatic rings. The molecule has 1 aliphatic rings. The normalized spacial score (nSPS) is 14.1. The molecule has 1 aromatic heterocycles. The van der Waals surface area contributed by atoms with Crippen LogP contribution >= 0.6 is 0 Å². The second-order valence-corrected chi connectivity index (χ2v) is 6.55. The van der Waals surface area contributed by atoms with E-state index in [0.717, 1.165) is 11.5 Å². The maximum atomic E-state index is 12.9. The van der Waals surface area contributed by atoms with Crippen molar-refractivity contribution < 1.29 is 14.3 Å². The highest BCUT2D eigenvalue weighted by Crippen LogP contribution is 2.24. The van der Waals surface area contributed by atoms with Crippen molar-refractivity contribution in [3.8, 4) is 11.5 Å². The molecule has 0 radical (unpaired) electrons. The molecular weight excluding hydrogens is 346 g/mol. The number of ether oxygens (including phenoxy) is 2. The zero-order chi connectivity index (χ0) is 19.4. The number of carbonyl (C=O) groups excluding carboxylic acids is 1. The fraction of sp³-hybridized carbons (Fsp3) is 0.421. The van der Waals surface area contributed by atoms with E-state index in [0.29, 0.717) is 43.2 Å². The summed E-state index contributed by atoms with van der Waals surface area (Å²) in [5, 5.41) is 8.31. The number of anilines is 2. The lowest BCUT2D eigenvalue weighted by atomic mass is 10.1. The van der Waals surface area contributed by atoms with Gasteiger partial charge >= 0.3 is 0 Å². The van der Waals surface area contributed by atoms with Gasteiger partial charge in [0.05, 0.1) is 26.1 Å². The third kappa shape index (κ3) is 4.21. The van der Waals surface area contributed by atoms with Gasteiger partial charge in [0.15, 0.2) is 5.82 Å². The predicted molar refractivity (Wildman–Crippen MR) is 104 cm³/mol. The Bertz CT molecular complexity index is 781. The van der Waals surface area contributed by atoms with Gasteiger partial charge in [0.25, 0.3) is 5.91 Å². The number of hydrogen-bond donors (Lipinski definition) is 0. The number of rotatable bonds is 5. The minimum Gasteiger partial charge on any atom is -0.497 e. The first-order chi connectivity index (χ1) is 13.0. The van der Waals surface area contributed by atoms with Crippen LogP contribution in [0.4, 0.5) is 11.5 Å². The van der Waals surface area contributed by atoms with Crippen molar-refractivity contribution in [2.75, 3.05) is 64.3 Å². The second-order valence-electron chi connectivity index (χ2n) is 6.55. The Morgan fingerprint density at radius 1 is 1.00 bits per heavy atom. The van der Waals surface area contributed by atoms with Crippen LogP contribution in [-0.4, -0.2) is 75.5 Å². The van der Waals surface area contributed by atoms with Crippen molar-refractivity contribution in [3.63, 3.8) is 0 Å². The molecule has 1 fully saturated rings. The number of piperazine rings is 1. The number of benzene rings is 1. The fourth-order valence-electron chi connectivity index (χ4n) is 3.00. The van der Waals surface area contributed by atoms with Crippen LogP contribution in [0.3, 0.4) is 0 Å². The lowest BCUT2D eigenvalue weighted by Gasteiger charge is -2.35. The topological polar surface area (TPSA) is 71.0 Å². The average molecular weight is 371 g/mol. The SMILES string of the molecule is COc1cc(OC)cc(C(=O)N2CCN(c3cc(N(C)C)cnn3)CC2)c1. The maximum Gasteiger partial charge on any atom is 0.254 e. The molecule has 1 saturated heterocycles. The van der Waals surface area contributed by atoms with Crippen LogP contribution in [0.25, 0.3) is 0 Å². The van der Waals surface area contributed by atoms with Crippen molar-refractivity contribution >= 4 is 17.4 Å². The first-order valence-electron chi connectivity index (χ1n) is 8.79. The Balaban J connectivity index is 1.69. The van der Waals surface area contributed by atoms with Gasteiger partial charge in [0, 0.05) is 58.0 Å². The van der Waals surface area contributed by atoms with Crippen LogP contribution < -0.4 is 19.3 Å². The summed E-state index contributed by atoms with van der Waals surface area (Å²) in [5.74, 6) is 2.01. The summed E-state index contributed by atoms with van der Waals surface area (Å²) < 4.78 is 10.5. The van der Waals surface area contributed by atoms with Crippen LogP contribution in [0.1, 0.15) is 10.4 Å². The summed E-state index contributed by atoms with van der Waals surface area (Å²) in [7, 11) is 7.09. The summed E-state index contributed by atoms with van der Waals surface area (Å²) in [6.07, 6.45) is 1.74. The maximum absolute atomic E-state index is 12.9. The molecule has 0 saturated carbocycles. The summed E-state index contributed by atoms with van der Waals surface area (Å²) >= 11 is 0. The van der Waals surface area contributed by atoms with Gasteiger partial charge in [0.2, 0.25) is 0 Å². The molecule has 0 spiro atoms. The van der Waals surface area contributed by atoms with E-state index in [1.165, 1.54) is 0 Å². The Kier molecular flexibility index (Phi) is 5.63. The zero-order valence-corrected chi connectivity index (χ0v) is 16.2. The molecule has 144 valence electrons. The molecule has 0 unspecified atom stereocenters. The van der Waals surface area contributed by atoms with Crippen LogP contribution in [0.15, 0.2) is 30.5 Å². The lowest BCUT2D eigenvalue weighted by Crippen LogP contribution is -2.49. The highest BCUT2D eigenvalue weighted by molar-refractivity contribution is 5.95. The number of nitrogens with zero attached hydrogens (tertiary/aromatic N) is 5. The van der Waals surface area contributed by atoms with Crippen molar-refractivity contribution in [1.82, 2.24) is 15.1 Å². The molecule has 8 nitrogen and oxygen atoms in total. The minimum absolute atomic E-state index is 0.0278. The van der Waals surface area contributed by atoms with Crippen LogP contribution in [0, 0.1) is 0 Å². The second kappa shape index (κ2) is 8.11. The number of amides is 1. The van der Waals surface area contributed by atoms with Gasteiger partial charge in [-0.05, 0) is 12.1 Å². The van der Waals surface area contributed by atoms with E-state index in [1.807, 2.05) is 30.0 Å². The van der Waals surface area contributed by atoms with E-state index in [9.17, 15) is 4.79 Å². The van der Waals surface area contributed by atoms with Gasteiger partial charge in [-0.25, -0.2) is 0 Å². The van der Waals surface area contributed by atoms with E-state index >= 15 is 0 Å². The van der Waals surface area contributed by atoms with Crippen molar-refractivity contribution in [2.45, 2.75) is 0 Å². The van der Waals surface area contributed by atoms with Crippen molar-refractivity contribution in [2.24, 2.45) is 0 Å². The van der Waals surface area contributed by atoms with Crippen molar-refractivity contribution in [3.05, 3.63) is 36.0 Å². The Hall–Kier alpha value is -3.03. The van der Waals surface area contributed by atoms with Crippen LogP contribution in [0.2, 0.25) is 0 Å². The van der Waals surface area contributed by atoms with Crippen LogP contribution in [-0.2, 0) is 0 Å². The fourth-order valence-corrected chi connectivity index (χ4v) is 3.00. The standard InChI is InChI=1S/C19H25N5O3/c1-22(2)15-11-18(21-20-13-15)23-5-7-24(8-6-23)19(25)14-9-16(26-3)12-17(10-14)27-4/h9-13H,5-8H2,1-4H3. The highest BCUT2D eigenvalue weighted by Gasteiger charge is 2.24. The molecule has 27 heavy (non-hydrogen) atoms. The highest BCUT2D eigenvalue weighted by atomic mass is 16.5. The van der Waals surface area contributed by atoms with Crippen LogP contribution in [0.5, 0.6) is 11.5 Å². The summed E-state index contributed by atoms with van der Waals surface area (Å²) in [6.45, 7) is 2.65. The van der Waals surface area contributed by atoms with E-state index in [-0.39, 0.29) is 5.91 Å². The van der Waals surface area contributed by atoms with Gasteiger partial charge in [-0.2, -0.15) is 5.10 Å². The molecule has 0 atom stereocenters. The lowest BCUT2D eigenvalue weighted by molar-refractivity contribution is 0.0745. The third-order valence-electron chi connectivity index (χ3n) is 4.63. The monoisotopic (exact) mass is 371 g/mol. The van der Waals surface area contributed by atoms with Gasteiger partial charge in [-0.1, -0.05) is 0 Å². The molecule has 3 rings (SSSR count). The Morgan fingerprint density at radius 2 is 1.63 bits per heavy atom. The molecule has 1 amide bonds. The number of hydrogen-bond acceptors (Lipinski definition) is 7. The average Bonchev–Trinajstić information content (AvgIpc) is 2.73. The number of carbonyl (C=O) groups is 1. The van der Waals surface area contributed by atoms with Gasteiger partial charge in [0.1, 0.15) is 11.5 Å². The van der Waals surface area contributed by atoms with E-state index in [1.54, 1.807) is 38.6 Å². The largest absolute Gasteiger partial charge is 0.497 e. The van der Waals surface area contributed by atoms with E-state index in [2.05, 4.69) is 15.1 Å². The first-order valence-corrected chi connectivity index (χ1v) is 8.79. The van der Waals surface area contributed by atoms with Gasteiger partial charge < -0.3 is 24.2 Å². The molecule has 0 N–H and O–H groups in total. The zero-order valence-electron chi connectivity index (χ0n) is 16.2. The first kappa shape index (κ1) is 18.8. The van der Waals surface area contributed by atoms with Gasteiger partial charge in [-0.15, -0.1) is 5.10 Å². The van der Waals surface area contributed by atoms with Crippen molar-refractivity contribution in [1.29, 1.82) is 0 Å². The molecular formula is C19H25N5O3. The summed E-state index contributed by atoms with van der Waals surface area (Å²) in [6, 6.07) is 7.25. The Morgan fingerprint density at radius 3 is 2.19 bits per heavy atom. The number of aromatic nitrogens is 2.